The third-order valence-electron chi connectivity index (χ3n) is 4.79. The van der Waals surface area contributed by atoms with E-state index in [4.69, 9.17) is 4.84 Å². The van der Waals surface area contributed by atoms with Crippen LogP contribution in [0.2, 0.25) is 0 Å². The molecule has 0 aromatic heterocycles. The van der Waals surface area contributed by atoms with Crippen molar-refractivity contribution >= 4 is 39.7 Å². The van der Waals surface area contributed by atoms with E-state index in [0.717, 1.165) is 10.8 Å². The summed E-state index contributed by atoms with van der Waals surface area (Å²) >= 11 is 0. The van der Waals surface area contributed by atoms with Crippen LogP contribution >= 0.6 is 0 Å². The van der Waals surface area contributed by atoms with E-state index >= 15 is 0 Å². The number of phenols is 1. The minimum atomic E-state index is -0.723. The van der Waals surface area contributed by atoms with Crippen LogP contribution in [0.3, 0.4) is 0 Å². The van der Waals surface area contributed by atoms with Crippen molar-refractivity contribution in [1.82, 2.24) is 0 Å². The predicted octanol–water partition coefficient (Wildman–Crippen LogP) is 5.56. The molecule has 0 spiro atoms. The Bertz CT molecular complexity index is 1420. The predicted molar refractivity (Wildman–Crippen MR) is 123 cm³/mol. The van der Waals surface area contributed by atoms with Crippen molar-refractivity contribution in [3.05, 3.63) is 106 Å². The molecule has 0 aliphatic rings. The minimum absolute atomic E-state index is 0.0406. The first-order chi connectivity index (χ1) is 16.4. The molecule has 0 atom stereocenters. The largest absolute Gasteiger partial charge is 0.507 e. The maximum absolute atomic E-state index is 12.4. The number of non-ortho nitro benzene ring substituents is 1. The topological polar surface area (TPSA) is 143 Å². The number of nitrogens with zero attached hydrogens (tertiary/aromatic N) is 3. The number of aromatic hydroxyl groups is 1. The number of rotatable bonds is 6. The number of anilines is 1. The molecule has 0 aliphatic heterocycles. The van der Waals surface area contributed by atoms with Crippen LogP contribution in [0.1, 0.15) is 20.7 Å². The lowest BCUT2D eigenvalue weighted by Crippen LogP contribution is -2.10. The lowest BCUT2D eigenvalue weighted by atomic mass is 10.1. The molecule has 0 aliphatic carbocycles. The number of benzene rings is 4. The summed E-state index contributed by atoms with van der Waals surface area (Å²) in [7, 11) is 0. The Labute approximate surface area is 192 Å². The number of carbonyl (C=O) groups excluding carboxylic acids is 2. The fourth-order valence-corrected chi connectivity index (χ4v) is 3.04. The highest BCUT2D eigenvalue weighted by Crippen LogP contribution is 2.26. The van der Waals surface area contributed by atoms with Gasteiger partial charge in [-0.2, -0.15) is 0 Å². The third-order valence-corrected chi connectivity index (χ3v) is 4.79. The van der Waals surface area contributed by atoms with Gasteiger partial charge >= 0.3 is 5.97 Å². The van der Waals surface area contributed by atoms with Gasteiger partial charge in [0.15, 0.2) is 0 Å². The highest BCUT2D eigenvalue weighted by molar-refractivity contribution is 6.01. The highest BCUT2D eigenvalue weighted by atomic mass is 16.7. The zero-order valence-corrected chi connectivity index (χ0v) is 17.4. The van der Waals surface area contributed by atoms with Crippen molar-refractivity contribution in [3.63, 3.8) is 0 Å². The van der Waals surface area contributed by atoms with Crippen molar-refractivity contribution in [3.8, 4) is 5.75 Å². The minimum Gasteiger partial charge on any atom is -0.507 e. The number of nitrogens with one attached hydrogen (secondary N) is 1. The molecule has 0 unspecified atom stereocenters. The maximum atomic E-state index is 12.4. The van der Waals surface area contributed by atoms with Crippen molar-refractivity contribution < 1.29 is 24.5 Å². The van der Waals surface area contributed by atoms with E-state index in [1.165, 1.54) is 30.3 Å². The van der Waals surface area contributed by atoms with Gasteiger partial charge < -0.3 is 9.94 Å². The molecule has 0 fully saturated rings. The van der Waals surface area contributed by atoms with E-state index in [9.17, 15) is 24.8 Å². The molecule has 10 nitrogen and oxygen atoms in total. The van der Waals surface area contributed by atoms with Crippen LogP contribution in [-0.4, -0.2) is 21.9 Å². The smallest absolute Gasteiger partial charge is 0.362 e. The first kappa shape index (κ1) is 22.1. The summed E-state index contributed by atoms with van der Waals surface area (Å²) in [5, 5.41) is 29.9. The number of phenolic OH excluding ortho intramolecular Hbond substituents is 1. The molecule has 4 aromatic rings. The van der Waals surface area contributed by atoms with Crippen molar-refractivity contribution in [2.45, 2.75) is 0 Å². The summed E-state index contributed by atoms with van der Waals surface area (Å²) in [6.45, 7) is 0. The van der Waals surface area contributed by atoms with Gasteiger partial charge in [0.05, 0.1) is 27.4 Å². The van der Waals surface area contributed by atoms with Gasteiger partial charge in [-0.3, -0.25) is 14.9 Å². The second kappa shape index (κ2) is 9.57. The number of hydrogen-bond acceptors (Lipinski definition) is 8. The molecule has 0 bridgehead atoms. The Morgan fingerprint density at radius 1 is 0.912 bits per heavy atom. The fourth-order valence-electron chi connectivity index (χ4n) is 3.04. The molecule has 34 heavy (non-hydrogen) atoms. The van der Waals surface area contributed by atoms with Crippen molar-refractivity contribution in [1.29, 1.82) is 0 Å². The first-order valence-corrected chi connectivity index (χ1v) is 9.90. The molecule has 0 radical (unpaired) electrons. The zero-order valence-electron chi connectivity index (χ0n) is 17.4. The third kappa shape index (κ3) is 5.02. The second-order valence-corrected chi connectivity index (χ2v) is 7.06. The summed E-state index contributed by atoms with van der Waals surface area (Å²) in [6.07, 6.45) is 0. The van der Waals surface area contributed by atoms with Crippen LogP contribution in [0, 0.1) is 10.1 Å². The molecular weight excluding hydrogens is 440 g/mol. The van der Waals surface area contributed by atoms with Crippen LogP contribution in [-0.2, 0) is 4.84 Å². The molecule has 2 N–H and O–H groups in total. The van der Waals surface area contributed by atoms with Gasteiger partial charge in [0.1, 0.15) is 5.75 Å². The van der Waals surface area contributed by atoms with Crippen LogP contribution in [0.5, 0.6) is 5.75 Å². The molecular formula is C24H16N4O6. The molecule has 4 rings (SSSR count). The Morgan fingerprint density at radius 3 is 2.21 bits per heavy atom. The lowest BCUT2D eigenvalue weighted by molar-refractivity contribution is -0.384. The number of fused-ring (bicyclic) bond motifs is 1. The number of azo groups is 1. The Morgan fingerprint density at radius 2 is 1.56 bits per heavy atom. The number of amides is 1. The van der Waals surface area contributed by atoms with Crippen molar-refractivity contribution in [2.24, 2.45) is 10.2 Å². The van der Waals surface area contributed by atoms with E-state index in [2.05, 4.69) is 15.7 Å². The van der Waals surface area contributed by atoms with Crippen LogP contribution in [0.4, 0.5) is 17.1 Å². The quantitative estimate of drug-likeness (QED) is 0.219. The Balaban J connectivity index is 1.37. The standard InChI is InChI=1S/C24H16N4O6/c29-22-14-17-4-2-1-3-16(17)13-21(22)23(30)26-25-18-7-9-19(10-8-18)27-34-24(31)15-5-11-20(12-6-15)28(32)33/h1-14,27,29H. The monoisotopic (exact) mass is 456 g/mol. The average Bonchev–Trinajstić information content (AvgIpc) is 2.86. The SMILES string of the molecule is O=C(ONc1ccc(N=NC(=O)c2cc3ccccc3cc2O)cc1)c1ccc([N+](=O)[O-])cc1. The van der Waals surface area contributed by atoms with Gasteiger partial charge in [-0.15, -0.1) is 10.2 Å². The summed E-state index contributed by atoms with van der Waals surface area (Å²) in [6, 6.07) is 21.5. The fraction of sp³-hybridized carbons (Fsp3) is 0. The second-order valence-electron chi connectivity index (χ2n) is 7.06. The normalized spacial score (nSPS) is 10.8. The number of carbonyl (C=O) groups is 2. The van der Waals surface area contributed by atoms with Gasteiger partial charge in [0.25, 0.3) is 11.6 Å². The van der Waals surface area contributed by atoms with Gasteiger partial charge in [-0.1, -0.05) is 24.3 Å². The van der Waals surface area contributed by atoms with Crippen LogP contribution < -0.4 is 5.48 Å². The summed E-state index contributed by atoms with van der Waals surface area (Å²) in [4.78, 5) is 39.5. The maximum Gasteiger partial charge on any atom is 0.362 e. The highest BCUT2D eigenvalue weighted by Gasteiger charge is 2.13. The van der Waals surface area contributed by atoms with E-state index < -0.39 is 16.8 Å². The van der Waals surface area contributed by atoms with Gasteiger partial charge in [0.2, 0.25) is 0 Å². The summed E-state index contributed by atoms with van der Waals surface area (Å²) in [5.41, 5.74) is 3.30. The number of hydrogen-bond donors (Lipinski definition) is 2. The van der Waals surface area contributed by atoms with Crippen LogP contribution in [0.25, 0.3) is 10.8 Å². The van der Waals surface area contributed by atoms with Crippen LogP contribution in [0.15, 0.2) is 95.2 Å². The molecule has 1 amide bonds. The van der Waals surface area contributed by atoms with E-state index in [1.54, 1.807) is 30.3 Å². The first-order valence-electron chi connectivity index (χ1n) is 9.90. The molecule has 0 saturated carbocycles. The Hall–Kier alpha value is -5.12. The number of nitro groups is 1. The molecule has 168 valence electrons. The molecule has 0 saturated heterocycles. The summed E-state index contributed by atoms with van der Waals surface area (Å²) < 4.78 is 0. The van der Waals surface area contributed by atoms with E-state index in [0.29, 0.717) is 11.4 Å². The lowest BCUT2D eigenvalue weighted by Gasteiger charge is -2.06. The Kier molecular flexibility index (Phi) is 6.22. The summed E-state index contributed by atoms with van der Waals surface area (Å²) in [5.74, 6) is -1.60. The number of nitro benzene ring substituents is 1. The van der Waals surface area contributed by atoms with E-state index in [-0.39, 0.29) is 22.6 Å². The molecule has 10 heteroatoms. The van der Waals surface area contributed by atoms with E-state index in [1.807, 2.05) is 24.3 Å². The molecule has 4 aromatic carbocycles. The zero-order chi connectivity index (χ0) is 24.1. The van der Waals surface area contributed by atoms with Gasteiger partial charge in [-0.05, 0) is 59.3 Å². The van der Waals surface area contributed by atoms with Crippen molar-refractivity contribution in [2.75, 3.05) is 5.48 Å². The van der Waals surface area contributed by atoms with Gasteiger partial charge in [-0.25, -0.2) is 10.3 Å². The van der Waals surface area contributed by atoms with Gasteiger partial charge in [0, 0.05) is 12.1 Å². The molecule has 0 heterocycles. The average molecular weight is 456 g/mol.